The van der Waals surface area contributed by atoms with Crippen LogP contribution in [0.1, 0.15) is 38.5 Å². The van der Waals surface area contributed by atoms with E-state index in [1.807, 2.05) is 0 Å². The highest BCUT2D eigenvalue weighted by atomic mass is 35.5. The minimum absolute atomic E-state index is 0. The van der Waals surface area contributed by atoms with Crippen LogP contribution in [0, 0.1) is 11.2 Å². The highest BCUT2D eigenvalue weighted by molar-refractivity contribution is 5.95. The molecule has 1 aliphatic heterocycles. The van der Waals surface area contributed by atoms with Crippen LogP contribution >= 0.6 is 12.4 Å². The first kappa shape index (κ1) is 18.0. The molecule has 0 atom stereocenters. The molecule has 1 aromatic carbocycles. The van der Waals surface area contributed by atoms with Gasteiger partial charge in [0.2, 0.25) is 5.91 Å². The van der Waals surface area contributed by atoms with Gasteiger partial charge < -0.3 is 15.4 Å². The Hall–Kier alpha value is -1.33. The number of carbonyl (C=O) groups excluding carboxylic acids is 1. The summed E-state index contributed by atoms with van der Waals surface area (Å²) in [5, 5.41) is 0. The van der Waals surface area contributed by atoms with Gasteiger partial charge in [0, 0.05) is 12.5 Å². The van der Waals surface area contributed by atoms with Gasteiger partial charge in [-0.2, -0.15) is 0 Å². The molecule has 3 rings (SSSR count). The lowest BCUT2D eigenvalue weighted by atomic mass is 9.71. The maximum Gasteiger partial charge on any atom is 0.227 e. The quantitative estimate of drug-likeness (QED) is 0.917. The van der Waals surface area contributed by atoms with Crippen LogP contribution in [0.4, 0.5) is 10.1 Å². The average molecular weight is 343 g/mol. The van der Waals surface area contributed by atoms with E-state index in [2.05, 4.69) is 0 Å². The molecule has 1 amide bonds. The summed E-state index contributed by atoms with van der Waals surface area (Å²) >= 11 is 0. The molecule has 1 saturated carbocycles. The molecular formula is C17H24ClFN2O2. The maximum absolute atomic E-state index is 13.3. The summed E-state index contributed by atoms with van der Waals surface area (Å²) in [4.78, 5) is 14.5. The summed E-state index contributed by atoms with van der Waals surface area (Å²) in [5.74, 6) is 0.173. The van der Waals surface area contributed by atoms with Gasteiger partial charge in [-0.15, -0.1) is 12.4 Å². The molecule has 0 radical (unpaired) electrons. The Kier molecular flexibility index (Phi) is 5.87. The second kappa shape index (κ2) is 7.49. The number of nitrogens with two attached hydrogens (primary N) is 1. The lowest BCUT2D eigenvalue weighted by molar-refractivity contribution is -0.121. The fourth-order valence-electron chi connectivity index (χ4n) is 3.62. The van der Waals surface area contributed by atoms with Crippen molar-refractivity contribution in [3.63, 3.8) is 0 Å². The SMILES string of the molecule is Cl.NCC1(CC(=O)N2CCOc3cc(F)ccc32)CCCCC1. The van der Waals surface area contributed by atoms with Crippen molar-refractivity contribution in [2.75, 3.05) is 24.6 Å². The number of anilines is 1. The Bertz CT molecular complexity index is 562. The Labute approximate surface area is 142 Å². The molecule has 1 fully saturated rings. The molecule has 4 nitrogen and oxygen atoms in total. The number of benzene rings is 1. The average Bonchev–Trinajstić information content (AvgIpc) is 2.54. The number of rotatable bonds is 3. The molecular weight excluding hydrogens is 319 g/mol. The third kappa shape index (κ3) is 3.78. The van der Waals surface area contributed by atoms with E-state index in [1.165, 1.54) is 18.6 Å². The summed E-state index contributed by atoms with van der Waals surface area (Å²) in [6.45, 7) is 1.47. The Morgan fingerprint density at radius 2 is 2.04 bits per heavy atom. The van der Waals surface area contributed by atoms with Gasteiger partial charge >= 0.3 is 0 Å². The highest BCUT2D eigenvalue weighted by Crippen LogP contribution is 2.40. The Balaban J connectivity index is 0.00000192. The molecule has 0 bridgehead atoms. The molecule has 1 aliphatic carbocycles. The van der Waals surface area contributed by atoms with Gasteiger partial charge in [-0.1, -0.05) is 19.3 Å². The van der Waals surface area contributed by atoms with Crippen LogP contribution in [0.25, 0.3) is 0 Å². The topological polar surface area (TPSA) is 55.6 Å². The summed E-state index contributed by atoms with van der Waals surface area (Å²) in [6.07, 6.45) is 6.05. The fourth-order valence-corrected chi connectivity index (χ4v) is 3.62. The van der Waals surface area contributed by atoms with Gasteiger partial charge in [0.1, 0.15) is 18.2 Å². The van der Waals surface area contributed by atoms with E-state index in [9.17, 15) is 9.18 Å². The molecule has 0 unspecified atom stereocenters. The summed E-state index contributed by atoms with van der Waals surface area (Å²) < 4.78 is 18.8. The van der Waals surface area contributed by atoms with Gasteiger partial charge in [0.25, 0.3) is 0 Å². The maximum atomic E-state index is 13.3. The minimum atomic E-state index is -0.348. The smallest absolute Gasteiger partial charge is 0.227 e. The van der Waals surface area contributed by atoms with E-state index >= 15 is 0 Å². The molecule has 1 aromatic rings. The van der Waals surface area contributed by atoms with Crippen molar-refractivity contribution in [3.05, 3.63) is 24.0 Å². The molecule has 6 heteroatoms. The van der Waals surface area contributed by atoms with Crippen molar-refractivity contribution in [3.8, 4) is 5.75 Å². The number of ether oxygens (including phenoxy) is 1. The van der Waals surface area contributed by atoms with Crippen molar-refractivity contribution >= 4 is 24.0 Å². The van der Waals surface area contributed by atoms with Crippen LogP contribution < -0.4 is 15.4 Å². The normalized spacial score (nSPS) is 19.3. The molecule has 0 saturated heterocycles. The van der Waals surface area contributed by atoms with Crippen molar-refractivity contribution < 1.29 is 13.9 Å². The number of halogens is 2. The van der Waals surface area contributed by atoms with Crippen LogP contribution in [0.5, 0.6) is 5.75 Å². The summed E-state index contributed by atoms with van der Waals surface area (Å²) in [6, 6.07) is 4.33. The second-order valence-electron chi connectivity index (χ2n) is 6.45. The number of carbonyl (C=O) groups is 1. The molecule has 128 valence electrons. The summed E-state index contributed by atoms with van der Waals surface area (Å²) in [7, 11) is 0. The minimum Gasteiger partial charge on any atom is -0.489 e. The van der Waals surface area contributed by atoms with Crippen molar-refractivity contribution in [2.24, 2.45) is 11.1 Å². The van der Waals surface area contributed by atoms with Gasteiger partial charge in [-0.05, 0) is 36.9 Å². The van der Waals surface area contributed by atoms with Crippen LogP contribution in [0.2, 0.25) is 0 Å². The van der Waals surface area contributed by atoms with Crippen molar-refractivity contribution in [2.45, 2.75) is 38.5 Å². The predicted molar refractivity (Wildman–Crippen MR) is 90.7 cm³/mol. The van der Waals surface area contributed by atoms with Crippen LogP contribution in [0.15, 0.2) is 18.2 Å². The van der Waals surface area contributed by atoms with Gasteiger partial charge in [-0.25, -0.2) is 4.39 Å². The molecule has 23 heavy (non-hydrogen) atoms. The fraction of sp³-hybridized carbons (Fsp3) is 0.588. The van der Waals surface area contributed by atoms with Crippen LogP contribution in [-0.4, -0.2) is 25.6 Å². The Morgan fingerprint density at radius 3 is 2.74 bits per heavy atom. The van der Waals surface area contributed by atoms with E-state index in [0.29, 0.717) is 37.6 Å². The zero-order valence-corrected chi connectivity index (χ0v) is 14.0. The zero-order valence-electron chi connectivity index (χ0n) is 13.2. The van der Waals surface area contributed by atoms with Gasteiger partial charge in [0.05, 0.1) is 12.2 Å². The first-order valence-corrected chi connectivity index (χ1v) is 8.06. The lowest BCUT2D eigenvalue weighted by Crippen LogP contribution is -2.43. The third-order valence-electron chi connectivity index (χ3n) is 4.96. The monoisotopic (exact) mass is 342 g/mol. The van der Waals surface area contributed by atoms with Crippen molar-refractivity contribution in [1.82, 2.24) is 0 Å². The second-order valence-corrected chi connectivity index (χ2v) is 6.45. The number of fused-ring (bicyclic) bond motifs is 1. The Morgan fingerprint density at radius 1 is 1.30 bits per heavy atom. The first-order valence-electron chi connectivity index (χ1n) is 8.06. The van der Waals surface area contributed by atoms with E-state index in [0.717, 1.165) is 25.7 Å². The molecule has 0 aromatic heterocycles. The standard InChI is InChI=1S/C17H23FN2O2.ClH/c18-13-4-5-14-15(10-13)22-9-8-20(14)16(21)11-17(12-19)6-2-1-3-7-17;/h4-5,10H,1-3,6-9,11-12,19H2;1H. The summed E-state index contributed by atoms with van der Waals surface area (Å²) in [5.41, 5.74) is 6.59. The number of nitrogens with zero attached hydrogens (tertiary/aromatic N) is 1. The predicted octanol–water partition coefficient (Wildman–Crippen LogP) is 3.27. The first-order chi connectivity index (χ1) is 10.6. The molecule has 1 heterocycles. The highest BCUT2D eigenvalue weighted by Gasteiger charge is 2.35. The van der Waals surface area contributed by atoms with Gasteiger partial charge in [0.15, 0.2) is 0 Å². The van der Waals surface area contributed by atoms with E-state index in [1.54, 1.807) is 11.0 Å². The number of amides is 1. The lowest BCUT2D eigenvalue weighted by Gasteiger charge is -2.38. The molecule has 0 spiro atoms. The molecule has 2 N–H and O–H groups in total. The van der Waals surface area contributed by atoms with E-state index in [-0.39, 0.29) is 29.5 Å². The largest absolute Gasteiger partial charge is 0.489 e. The van der Waals surface area contributed by atoms with Crippen LogP contribution in [-0.2, 0) is 4.79 Å². The van der Waals surface area contributed by atoms with Crippen LogP contribution in [0.3, 0.4) is 0 Å². The number of hydrogen-bond acceptors (Lipinski definition) is 3. The van der Waals surface area contributed by atoms with E-state index in [4.69, 9.17) is 10.5 Å². The number of hydrogen-bond donors (Lipinski definition) is 1. The third-order valence-corrected chi connectivity index (χ3v) is 4.96. The van der Waals surface area contributed by atoms with Crippen molar-refractivity contribution in [1.29, 1.82) is 0 Å². The molecule has 2 aliphatic rings. The van der Waals surface area contributed by atoms with Gasteiger partial charge in [-0.3, -0.25) is 4.79 Å². The zero-order chi connectivity index (χ0) is 15.6. The van der Waals surface area contributed by atoms with E-state index < -0.39 is 0 Å².